The van der Waals surface area contributed by atoms with Crippen LogP contribution >= 0.6 is 0 Å². The molecule has 5 heterocycles. The van der Waals surface area contributed by atoms with E-state index in [1.807, 2.05) is 246 Å². The van der Waals surface area contributed by atoms with Gasteiger partial charge in [-0.1, -0.05) is 24.3 Å². The quantitative estimate of drug-likeness (QED) is 0.0347. The minimum atomic E-state index is 0.278. The van der Waals surface area contributed by atoms with Gasteiger partial charge in [0.1, 0.15) is 121 Å². The average molecular weight is 1410 g/mol. The molecule has 3 aromatic heterocycles. The molecule has 2 N–H and O–H groups in total. The molecule has 0 fully saturated rings. The lowest BCUT2D eigenvalue weighted by Crippen LogP contribution is -2.12. The molecule has 2 aliphatic rings. The van der Waals surface area contributed by atoms with Crippen molar-refractivity contribution in [1.82, 2.24) is 39.9 Å². The number of rotatable bonds is 36. The van der Waals surface area contributed by atoms with E-state index < -0.39 is 0 Å². The van der Waals surface area contributed by atoms with Gasteiger partial charge in [0.15, 0.2) is 23.3 Å². The van der Waals surface area contributed by atoms with Gasteiger partial charge >= 0.3 is 0 Å². The summed E-state index contributed by atoms with van der Waals surface area (Å²) in [6.07, 6.45) is 0. The molecular formula is C80H86N12O12. The van der Waals surface area contributed by atoms with Crippen LogP contribution in [0.2, 0.25) is 0 Å². The minimum Gasteiger partial charge on any atom is -0.491 e. The van der Waals surface area contributed by atoms with Crippen LogP contribution in [0.15, 0.2) is 170 Å². The summed E-state index contributed by atoms with van der Waals surface area (Å²) in [5, 5.41) is 2.95. The van der Waals surface area contributed by atoms with Crippen LogP contribution in [0.1, 0.15) is 0 Å². The number of nitrogens with zero attached hydrogens (tertiary/aromatic N) is 10. The third-order valence-corrected chi connectivity index (χ3v) is 17.0. The monoisotopic (exact) mass is 1410 g/mol. The Kier molecular flexibility index (Phi) is 23.2. The number of anilines is 4. The van der Waals surface area contributed by atoms with E-state index in [2.05, 4.69) is 9.97 Å². The fraction of sp³-hybridized carbons (Fsp3) is 0.300. The highest BCUT2D eigenvalue weighted by Crippen LogP contribution is 2.41. The number of hydrogen-bond acceptors (Lipinski definition) is 22. The number of aromatic nitrogens is 8. The number of fused-ring (bicyclic) bond motifs is 20. The molecule has 13 rings (SSSR count). The van der Waals surface area contributed by atoms with Crippen molar-refractivity contribution in [1.29, 1.82) is 0 Å². The third-order valence-electron chi connectivity index (χ3n) is 17.0. The molecule has 8 bridgehead atoms. The first-order valence-electron chi connectivity index (χ1n) is 34.6. The SMILES string of the molecule is CN(C)c1cccc(OCCOCCOc2ccc3c(c2)-c2nc-3nc3[nH]c(nc4nc(nc5[nH]c(n2)c2ccc(OCCOCCOc6cccc(N(C)C)c6)cc52)-c2ccc(OCCOCCOc5cccc(N(C)C)c5)cc2-4)c2ccc(OCCOCCOc4cccc(N(C)C)c4)cc32)c1. The lowest BCUT2D eigenvalue weighted by molar-refractivity contribution is 0.0764. The maximum absolute atomic E-state index is 6.36. The summed E-state index contributed by atoms with van der Waals surface area (Å²) in [6, 6.07) is 54.9. The Hall–Kier alpha value is -11.4. The van der Waals surface area contributed by atoms with Crippen molar-refractivity contribution in [2.75, 3.05) is 182 Å². The van der Waals surface area contributed by atoms with Crippen LogP contribution in [0.25, 0.3) is 89.7 Å². The number of H-pyrrole nitrogens is 2. The fourth-order valence-corrected chi connectivity index (χ4v) is 11.6. The second-order valence-corrected chi connectivity index (χ2v) is 25.2. The molecule has 0 radical (unpaired) electrons. The summed E-state index contributed by atoms with van der Waals surface area (Å²) < 4.78 is 73.3. The van der Waals surface area contributed by atoms with E-state index >= 15 is 0 Å². The lowest BCUT2D eigenvalue weighted by atomic mass is 10.1. The maximum atomic E-state index is 6.36. The summed E-state index contributed by atoms with van der Waals surface area (Å²) in [6.45, 7) is 5.50. The molecule has 104 heavy (non-hydrogen) atoms. The van der Waals surface area contributed by atoms with Crippen molar-refractivity contribution in [3.8, 4) is 91.5 Å². The highest BCUT2D eigenvalue weighted by Gasteiger charge is 2.25. The molecule has 0 saturated carbocycles. The van der Waals surface area contributed by atoms with Crippen LogP contribution in [-0.2, 0) is 18.9 Å². The normalized spacial score (nSPS) is 11.5. The van der Waals surface area contributed by atoms with Crippen molar-refractivity contribution in [2.24, 2.45) is 0 Å². The zero-order valence-electron chi connectivity index (χ0n) is 59.9. The number of aromatic amines is 2. The number of nitrogens with one attached hydrogen (secondary N) is 2. The number of hydrogen-bond donors (Lipinski definition) is 2. The lowest BCUT2D eigenvalue weighted by Gasteiger charge is -2.14. The van der Waals surface area contributed by atoms with Gasteiger partial charge in [-0.15, -0.1) is 0 Å². The van der Waals surface area contributed by atoms with Gasteiger partial charge in [0, 0.05) is 147 Å². The Labute approximate surface area is 603 Å². The van der Waals surface area contributed by atoms with Crippen molar-refractivity contribution in [2.45, 2.75) is 0 Å². The predicted octanol–water partition coefficient (Wildman–Crippen LogP) is 13.0. The molecule has 538 valence electrons. The van der Waals surface area contributed by atoms with Crippen LogP contribution in [0.3, 0.4) is 0 Å². The van der Waals surface area contributed by atoms with Gasteiger partial charge in [-0.3, -0.25) is 0 Å². The first kappa shape index (κ1) is 71.0. The Morgan fingerprint density at radius 2 is 0.471 bits per heavy atom. The zero-order valence-corrected chi connectivity index (χ0v) is 59.9. The molecule has 0 unspecified atom stereocenters. The van der Waals surface area contributed by atoms with Gasteiger partial charge in [0.2, 0.25) is 0 Å². The van der Waals surface area contributed by atoms with E-state index in [1.54, 1.807) is 0 Å². The van der Waals surface area contributed by atoms with Crippen molar-refractivity contribution >= 4 is 66.9 Å². The van der Waals surface area contributed by atoms with Crippen LogP contribution in [-0.4, -0.2) is 202 Å². The second kappa shape index (κ2) is 34.0. The number of ether oxygens (including phenoxy) is 12. The van der Waals surface area contributed by atoms with Gasteiger partial charge in [0.05, 0.1) is 52.9 Å². The minimum absolute atomic E-state index is 0.278. The Morgan fingerprint density at radius 1 is 0.231 bits per heavy atom. The van der Waals surface area contributed by atoms with E-state index in [4.69, 9.17) is 86.7 Å². The molecule has 0 spiro atoms. The van der Waals surface area contributed by atoms with Crippen molar-refractivity contribution < 1.29 is 56.8 Å². The second-order valence-electron chi connectivity index (χ2n) is 25.2. The summed E-state index contributed by atoms with van der Waals surface area (Å²) >= 11 is 0. The number of benzene rings is 8. The first-order chi connectivity index (χ1) is 50.8. The first-order valence-corrected chi connectivity index (χ1v) is 34.6. The average Bonchev–Trinajstić information content (AvgIpc) is 1.60. The standard InChI is InChI=1S/C80H86N12O12/c1-89(2)53-13-9-17-57(45-53)97-37-29-93-33-41-101-61-21-25-65-69(49-61)77-81-73(65)86-78-71-51-63(103-43-35-95-31-39-99-59-19-11-15-55(47-59)91(5)6)23-27-67(71)75(83-78)88-80-72-52-64(104-44-36-96-32-40-100-60-20-12-16-56(48-60)92(7)8)24-28-68(72)76(84-80)87-79-70-50-62(22-26-66(70)74(82-79)85-77)102-42-34-94-30-38-98-58-18-10-14-54(46-58)90(3)4/h9-28,45-52H,29-44H2,1-8H3,(H2,81,82,83,84,85,86,87,88). The highest BCUT2D eigenvalue weighted by atomic mass is 16.6. The van der Waals surface area contributed by atoms with Crippen LogP contribution < -0.4 is 57.5 Å². The molecule has 8 aromatic carbocycles. The van der Waals surface area contributed by atoms with Crippen LogP contribution in [0.4, 0.5) is 22.7 Å². The molecule has 0 atom stereocenters. The summed E-state index contributed by atoms with van der Waals surface area (Å²) in [5.41, 5.74) is 8.97. The fourth-order valence-electron chi connectivity index (χ4n) is 11.6. The molecule has 24 nitrogen and oxygen atoms in total. The van der Waals surface area contributed by atoms with Gasteiger partial charge < -0.3 is 86.4 Å². The molecule has 0 aliphatic carbocycles. The van der Waals surface area contributed by atoms with E-state index in [1.165, 1.54) is 0 Å². The molecule has 0 saturated heterocycles. The van der Waals surface area contributed by atoms with Gasteiger partial charge in [-0.2, -0.15) is 0 Å². The Morgan fingerprint density at radius 3 is 0.750 bits per heavy atom. The smallest absolute Gasteiger partial charge is 0.164 e. The van der Waals surface area contributed by atoms with E-state index in [0.29, 0.717) is 159 Å². The third kappa shape index (κ3) is 18.1. The van der Waals surface area contributed by atoms with Gasteiger partial charge in [-0.25, -0.2) is 29.9 Å². The predicted molar refractivity (Wildman–Crippen MR) is 406 cm³/mol. The van der Waals surface area contributed by atoms with Crippen molar-refractivity contribution in [3.05, 3.63) is 170 Å². The molecule has 24 heteroatoms. The molecule has 0 amide bonds. The molecule has 2 aliphatic heterocycles. The molecular weight excluding hydrogens is 1320 g/mol. The molecule has 11 aromatic rings. The topological polar surface area (TPSA) is 233 Å². The largest absolute Gasteiger partial charge is 0.491 e. The van der Waals surface area contributed by atoms with Crippen LogP contribution in [0, 0.1) is 0 Å². The van der Waals surface area contributed by atoms with E-state index in [-0.39, 0.29) is 26.4 Å². The van der Waals surface area contributed by atoms with E-state index in [0.717, 1.165) is 78.4 Å². The van der Waals surface area contributed by atoms with Crippen LogP contribution in [0.5, 0.6) is 46.0 Å². The summed E-state index contributed by atoms with van der Waals surface area (Å²) in [4.78, 5) is 47.0. The zero-order chi connectivity index (χ0) is 71.7. The highest BCUT2D eigenvalue weighted by molar-refractivity contribution is 6.07. The van der Waals surface area contributed by atoms with Crippen molar-refractivity contribution in [3.63, 3.8) is 0 Å². The summed E-state index contributed by atoms with van der Waals surface area (Å²) in [7, 11) is 16.0. The van der Waals surface area contributed by atoms with Gasteiger partial charge in [-0.05, 0) is 121 Å². The Balaban J connectivity index is 0.807. The van der Waals surface area contributed by atoms with E-state index in [9.17, 15) is 0 Å². The Bertz CT molecular complexity index is 4630. The van der Waals surface area contributed by atoms with Gasteiger partial charge in [0.25, 0.3) is 0 Å². The maximum Gasteiger partial charge on any atom is 0.164 e. The summed E-state index contributed by atoms with van der Waals surface area (Å²) in [5.74, 6) is 7.05.